The van der Waals surface area contributed by atoms with Crippen molar-refractivity contribution in [1.29, 1.82) is 0 Å². The van der Waals surface area contributed by atoms with Crippen molar-refractivity contribution in [2.45, 2.75) is 20.4 Å². The second kappa shape index (κ2) is 10.3. The van der Waals surface area contributed by atoms with E-state index in [4.69, 9.17) is 4.99 Å². The number of ketones is 1. The van der Waals surface area contributed by atoms with Gasteiger partial charge in [0.2, 0.25) is 0 Å². The van der Waals surface area contributed by atoms with Gasteiger partial charge in [-0.25, -0.2) is 4.99 Å². The predicted octanol–water partition coefficient (Wildman–Crippen LogP) is 6.13. The number of amidine groups is 1. The molecule has 1 N–H and O–H groups in total. The molecule has 1 aliphatic rings. The molecule has 1 amide bonds. The quantitative estimate of drug-likeness (QED) is 0.344. The third kappa shape index (κ3) is 5.41. The summed E-state index contributed by atoms with van der Waals surface area (Å²) in [4.78, 5) is 32.5. The zero-order valence-corrected chi connectivity index (χ0v) is 19.4. The monoisotopic (exact) mass is 455 g/mol. The lowest BCUT2D eigenvalue weighted by Crippen LogP contribution is -2.28. The first-order valence-electron chi connectivity index (χ1n) is 10.8. The maximum atomic E-state index is 13.4. The highest BCUT2D eigenvalue weighted by Crippen LogP contribution is 2.37. The van der Waals surface area contributed by atoms with Gasteiger partial charge in [0, 0.05) is 12.1 Å². The number of aliphatic imine (C=N–C) groups is 1. The van der Waals surface area contributed by atoms with Crippen molar-refractivity contribution in [3.8, 4) is 0 Å². The van der Waals surface area contributed by atoms with Gasteiger partial charge in [-0.3, -0.25) is 14.5 Å². The lowest BCUT2D eigenvalue weighted by atomic mass is 10.1. The molecule has 5 nitrogen and oxygen atoms in total. The van der Waals surface area contributed by atoms with Gasteiger partial charge in [-0.2, -0.15) is 0 Å². The molecule has 1 aliphatic heterocycles. The Bertz CT molecular complexity index is 1220. The molecule has 0 unspecified atom stereocenters. The number of hydrogen-bond acceptors (Lipinski definition) is 5. The molecule has 0 aliphatic carbocycles. The predicted molar refractivity (Wildman–Crippen MR) is 137 cm³/mol. The molecule has 3 aromatic rings. The van der Waals surface area contributed by atoms with Crippen LogP contribution in [0.3, 0.4) is 0 Å². The van der Waals surface area contributed by atoms with E-state index in [9.17, 15) is 9.59 Å². The van der Waals surface area contributed by atoms with Crippen molar-refractivity contribution in [2.24, 2.45) is 4.99 Å². The zero-order chi connectivity index (χ0) is 23.2. The molecule has 6 heteroatoms. The Balaban J connectivity index is 1.77. The van der Waals surface area contributed by atoms with E-state index in [-0.39, 0.29) is 11.7 Å². The van der Waals surface area contributed by atoms with Crippen LogP contribution in [0, 0.1) is 0 Å². The molecule has 0 aromatic heterocycles. The molecule has 1 fully saturated rings. The Morgan fingerprint density at radius 2 is 1.73 bits per heavy atom. The number of amides is 1. The average Bonchev–Trinajstić information content (AvgIpc) is 3.10. The normalized spacial score (nSPS) is 15.9. The summed E-state index contributed by atoms with van der Waals surface area (Å²) in [6, 6.07) is 25.1. The molecule has 0 bridgehead atoms. The summed E-state index contributed by atoms with van der Waals surface area (Å²) in [6.07, 6.45) is 1.89. The summed E-state index contributed by atoms with van der Waals surface area (Å²) in [5.41, 5.74) is 4.02. The maximum Gasteiger partial charge on any atom is 0.267 e. The first-order valence-corrected chi connectivity index (χ1v) is 11.6. The number of nitrogens with one attached hydrogen (secondary N) is 1. The Morgan fingerprint density at radius 1 is 1.03 bits per heavy atom. The minimum atomic E-state index is -0.0841. The number of rotatable bonds is 7. The van der Waals surface area contributed by atoms with Gasteiger partial charge in [0.05, 0.1) is 22.8 Å². The number of nitrogens with zero attached hydrogens (tertiary/aromatic N) is 2. The van der Waals surface area contributed by atoms with Crippen LogP contribution in [0.2, 0.25) is 0 Å². The van der Waals surface area contributed by atoms with E-state index in [1.54, 1.807) is 17.0 Å². The van der Waals surface area contributed by atoms with Gasteiger partial charge >= 0.3 is 0 Å². The van der Waals surface area contributed by atoms with Gasteiger partial charge in [-0.1, -0.05) is 60.7 Å². The number of anilines is 1. The molecule has 4 rings (SSSR count). The van der Waals surface area contributed by atoms with E-state index in [0.29, 0.717) is 27.9 Å². The fraction of sp³-hybridized carbons (Fsp3) is 0.148. The van der Waals surface area contributed by atoms with Crippen LogP contribution in [-0.4, -0.2) is 28.3 Å². The second-order valence-electron chi connectivity index (χ2n) is 7.61. The van der Waals surface area contributed by atoms with Gasteiger partial charge in [0.15, 0.2) is 11.0 Å². The lowest BCUT2D eigenvalue weighted by molar-refractivity contribution is -0.122. The molecule has 3 aromatic carbocycles. The highest BCUT2D eigenvalue weighted by Gasteiger charge is 2.33. The Labute approximate surface area is 198 Å². The largest absolute Gasteiger partial charge is 0.384 e. The van der Waals surface area contributed by atoms with Crippen LogP contribution in [0.1, 0.15) is 35.3 Å². The highest BCUT2D eigenvalue weighted by molar-refractivity contribution is 8.18. The standard InChI is InChI=1S/C27H25N3O2S/c1-3-28-23-15-14-22(19(2)31)17-24(23)29-27-30(18-21-12-8-5-9-13-21)26(32)25(33-27)16-20-10-6-4-7-11-20/h4-17,28H,3,18H2,1-2H3/b25-16-,29-27-. The van der Waals surface area contributed by atoms with E-state index in [2.05, 4.69) is 5.32 Å². The van der Waals surface area contributed by atoms with Crippen LogP contribution in [-0.2, 0) is 11.3 Å². The van der Waals surface area contributed by atoms with Gasteiger partial charge in [0.25, 0.3) is 5.91 Å². The fourth-order valence-corrected chi connectivity index (χ4v) is 4.47. The first kappa shape index (κ1) is 22.6. The van der Waals surface area contributed by atoms with Crippen LogP contribution in [0.4, 0.5) is 11.4 Å². The van der Waals surface area contributed by atoms with Gasteiger partial charge < -0.3 is 5.32 Å². The van der Waals surface area contributed by atoms with Crippen LogP contribution in [0.15, 0.2) is 88.8 Å². The van der Waals surface area contributed by atoms with Crippen molar-refractivity contribution in [1.82, 2.24) is 4.90 Å². The maximum absolute atomic E-state index is 13.4. The van der Waals surface area contributed by atoms with Crippen LogP contribution in [0.25, 0.3) is 6.08 Å². The molecule has 1 saturated heterocycles. The molecule has 0 saturated carbocycles. The molecule has 33 heavy (non-hydrogen) atoms. The highest BCUT2D eigenvalue weighted by atomic mass is 32.2. The molecule has 166 valence electrons. The third-order valence-electron chi connectivity index (χ3n) is 5.16. The summed E-state index contributed by atoms with van der Waals surface area (Å²) in [6.45, 7) is 4.68. The summed E-state index contributed by atoms with van der Waals surface area (Å²) in [5, 5.41) is 3.89. The minimum absolute atomic E-state index is 0.0274. The second-order valence-corrected chi connectivity index (χ2v) is 8.62. The Kier molecular flexibility index (Phi) is 7.05. The van der Waals surface area contributed by atoms with Crippen molar-refractivity contribution in [3.05, 3.63) is 100 Å². The zero-order valence-electron chi connectivity index (χ0n) is 18.6. The number of thioether (sulfide) groups is 1. The number of hydrogen-bond donors (Lipinski definition) is 1. The molecule has 0 spiro atoms. The SMILES string of the molecule is CCNc1ccc(C(C)=O)cc1/N=C1\S/C(=C\c2ccccc2)C(=O)N1Cc1ccccc1. The Hall–Kier alpha value is -3.64. The number of Topliss-reactive ketones (excluding diaryl/α,β-unsaturated/α-hetero) is 1. The lowest BCUT2D eigenvalue weighted by Gasteiger charge is -2.16. The molecular formula is C27H25N3O2S. The summed E-state index contributed by atoms with van der Waals surface area (Å²) < 4.78 is 0. The van der Waals surface area contributed by atoms with Gasteiger partial charge in [0.1, 0.15) is 0 Å². The van der Waals surface area contributed by atoms with Gasteiger partial charge in [-0.15, -0.1) is 0 Å². The van der Waals surface area contributed by atoms with Crippen molar-refractivity contribution in [2.75, 3.05) is 11.9 Å². The molecular weight excluding hydrogens is 430 g/mol. The topological polar surface area (TPSA) is 61.8 Å². The van der Waals surface area contributed by atoms with Gasteiger partial charge in [-0.05, 0) is 61.0 Å². The van der Waals surface area contributed by atoms with Crippen LogP contribution < -0.4 is 5.32 Å². The van der Waals surface area contributed by atoms with Crippen LogP contribution in [0.5, 0.6) is 0 Å². The van der Waals surface area contributed by atoms with Crippen molar-refractivity contribution >= 4 is 46.1 Å². The fourth-order valence-electron chi connectivity index (χ4n) is 3.48. The van der Waals surface area contributed by atoms with Crippen molar-refractivity contribution in [3.63, 3.8) is 0 Å². The van der Waals surface area contributed by atoms with E-state index < -0.39 is 0 Å². The summed E-state index contributed by atoms with van der Waals surface area (Å²) >= 11 is 1.35. The Morgan fingerprint density at radius 3 is 2.39 bits per heavy atom. The molecule has 0 radical (unpaired) electrons. The molecule has 1 heterocycles. The number of carbonyl (C=O) groups is 2. The number of benzene rings is 3. The van der Waals surface area contributed by atoms with E-state index in [1.165, 1.54) is 18.7 Å². The van der Waals surface area contributed by atoms with Crippen molar-refractivity contribution < 1.29 is 9.59 Å². The summed E-state index contributed by atoms with van der Waals surface area (Å²) in [7, 11) is 0. The average molecular weight is 456 g/mol. The number of carbonyl (C=O) groups excluding carboxylic acids is 2. The first-order chi connectivity index (χ1) is 16.0. The smallest absolute Gasteiger partial charge is 0.267 e. The van der Waals surface area contributed by atoms with E-state index in [0.717, 1.165) is 23.4 Å². The summed E-state index contributed by atoms with van der Waals surface area (Å²) in [5.74, 6) is -0.111. The van der Waals surface area contributed by atoms with Crippen LogP contribution >= 0.6 is 11.8 Å². The van der Waals surface area contributed by atoms with E-state index >= 15 is 0 Å². The minimum Gasteiger partial charge on any atom is -0.384 e. The molecule has 0 atom stereocenters. The third-order valence-corrected chi connectivity index (χ3v) is 6.16. The van der Waals surface area contributed by atoms with E-state index in [1.807, 2.05) is 79.7 Å².